The largest absolute Gasteiger partial charge is 0.463 e. The minimum absolute atomic E-state index is 0.00453. The van der Waals surface area contributed by atoms with Gasteiger partial charge in [-0.15, -0.1) is 11.3 Å². The third-order valence-corrected chi connectivity index (χ3v) is 9.74. The lowest BCUT2D eigenvalue weighted by molar-refractivity contribution is -0.0101. The predicted octanol–water partition coefficient (Wildman–Crippen LogP) is 6.17. The van der Waals surface area contributed by atoms with Gasteiger partial charge in [-0.25, -0.2) is 27.3 Å². The summed E-state index contributed by atoms with van der Waals surface area (Å²) in [4.78, 5) is 27.2. The average Bonchev–Trinajstić information content (AvgIpc) is 3.37. The molecule has 5 heterocycles. The number of hydrogen-bond donors (Lipinski definition) is 1. The van der Waals surface area contributed by atoms with Crippen molar-refractivity contribution in [3.8, 4) is 23.3 Å². The van der Waals surface area contributed by atoms with Crippen molar-refractivity contribution < 1.29 is 41.3 Å². The minimum Gasteiger partial charge on any atom is -0.463 e. The molecule has 252 valence electrons. The molecule has 16 heteroatoms. The molecule has 48 heavy (non-hydrogen) atoms. The van der Waals surface area contributed by atoms with Crippen molar-refractivity contribution in [1.82, 2.24) is 19.9 Å². The van der Waals surface area contributed by atoms with Gasteiger partial charge in [-0.3, -0.25) is 15.2 Å². The number of aromatic nitrogens is 3. The predicted molar refractivity (Wildman–Crippen MR) is 166 cm³/mol. The van der Waals surface area contributed by atoms with Crippen molar-refractivity contribution in [3.05, 3.63) is 40.7 Å². The van der Waals surface area contributed by atoms with E-state index in [1.807, 2.05) is 11.0 Å². The van der Waals surface area contributed by atoms with E-state index in [-0.39, 0.29) is 76.2 Å². The molecule has 1 aromatic carbocycles. The van der Waals surface area contributed by atoms with Gasteiger partial charge in [0.1, 0.15) is 28.8 Å². The van der Waals surface area contributed by atoms with Crippen molar-refractivity contribution >= 4 is 43.4 Å². The Kier molecular flexibility index (Phi) is 7.93. The third-order valence-electron chi connectivity index (χ3n) is 8.63. The fraction of sp³-hybridized carbons (Fsp3) is 0.469. The molecule has 1 unspecified atom stereocenters. The second-order valence-electron chi connectivity index (χ2n) is 13.1. The smallest absolute Gasteiger partial charge is 0.412 e. The lowest BCUT2D eigenvalue weighted by atomic mass is 9.94. The highest BCUT2D eigenvalue weighted by atomic mass is 32.1. The van der Waals surface area contributed by atoms with Crippen molar-refractivity contribution in [1.29, 1.82) is 5.26 Å². The van der Waals surface area contributed by atoms with Crippen LogP contribution in [0.25, 0.3) is 32.2 Å². The van der Waals surface area contributed by atoms with Crippen LogP contribution >= 0.6 is 11.3 Å². The number of fused-ring (bicyclic) bond motifs is 4. The van der Waals surface area contributed by atoms with Gasteiger partial charge in [0, 0.05) is 48.6 Å². The van der Waals surface area contributed by atoms with Crippen molar-refractivity contribution in [3.63, 3.8) is 0 Å². The third kappa shape index (κ3) is 5.68. The topological polar surface area (TPSA) is 132 Å². The van der Waals surface area contributed by atoms with Crippen LogP contribution in [0.1, 0.15) is 43.9 Å². The van der Waals surface area contributed by atoms with Gasteiger partial charge < -0.3 is 18.9 Å². The van der Waals surface area contributed by atoms with E-state index in [4.69, 9.17) is 18.9 Å². The summed E-state index contributed by atoms with van der Waals surface area (Å²) in [6.07, 6.45) is 1.06. The quantitative estimate of drug-likeness (QED) is 0.225. The number of morpholine rings is 1. The zero-order chi connectivity index (χ0) is 34.0. The summed E-state index contributed by atoms with van der Waals surface area (Å²) < 4.78 is 83.2. The summed E-state index contributed by atoms with van der Waals surface area (Å²) in [6.45, 7) is 6.80. The number of pyridine rings is 1. The van der Waals surface area contributed by atoms with E-state index >= 15 is 8.78 Å². The summed E-state index contributed by atoms with van der Waals surface area (Å²) in [5.74, 6) is -4.57. The van der Waals surface area contributed by atoms with Gasteiger partial charge in [-0.1, -0.05) is 0 Å². The maximum Gasteiger partial charge on any atom is 0.412 e. The van der Waals surface area contributed by atoms with Crippen LogP contribution < -0.4 is 10.1 Å². The molecule has 1 saturated carbocycles. The molecule has 0 radical (unpaired) electrons. The molecule has 0 spiro atoms. The molecule has 1 N–H and O–H groups in total. The number of benzene rings is 1. The molecular formula is C32H30F4N6O5S. The standard InChI is InChI=1S/C32H30F4N6O5S/c1-30(2,3)47-29(43)41-27-16(8-37)22-25(38-10-20(33)26(22)48-27)21-19-12-45-11-18(19)17-9-39-28(40-24(17)23(21)34)46-15-31(13-32(31,35)36)14-42-4-6-44-7-5-42/h9-10H,4-7,11-15H2,1-3H3,(H,41,43). The number of amides is 1. The maximum atomic E-state index is 16.7. The van der Waals surface area contributed by atoms with Crippen LogP contribution in [-0.2, 0) is 27.4 Å². The van der Waals surface area contributed by atoms with Crippen molar-refractivity contribution in [2.24, 2.45) is 5.41 Å². The number of carbonyl (C=O) groups excluding carboxylic acids is 1. The Balaban J connectivity index is 1.28. The zero-order valence-electron chi connectivity index (χ0n) is 26.2. The fourth-order valence-corrected chi connectivity index (χ4v) is 7.25. The van der Waals surface area contributed by atoms with E-state index < -0.39 is 34.7 Å². The number of anilines is 1. The summed E-state index contributed by atoms with van der Waals surface area (Å²) in [7, 11) is 0. The number of nitrogens with zero attached hydrogens (tertiary/aromatic N) is 5. The molecular weight excluding hydrogens is 656 g/mol. The van der Waals surface area contributed by atoms with Crippen molar-refractivity contribution in [2.45, 2.75) is 51.9 Å². The molecule has 2 fully saturated rings. The molecule has 1 amide bonds. The lowest BCUT2D eigenvalue weighted by Gasteiger charge is -2.30. The molecule has 2 aliphatic heterocycles. The number of hydrogen-bond acceptors (Lipinski definition) is 11. The number of halogens is 4. The van der Waals surface area contributed by atoms with Crippen LogP contribution in [-0.4, -0.2) is 76.9 Å². The molecule has 1 aliphatic carbocycles. The Hall–Kier alpha value is -4.17. The first-order valence-electron chi connectivity index (χ1n) is 15.2. The summed E-state index contributed by atoms with van der Waals surface area (Å²) >= 11 is 0.790. The molecule has 3 aliphatic rings. The average molecular weight is 687 g/mol. The van der Waals surface area contributed by atoms with Crippen LogP contribution in [0.15, 0.2) is 12.4 Å². The van der Waals surface area contributed by atoms with Gasteiger partial charge in [-0.05, 0) is 31.9 Å². The summed E-state index contributed by atoms with van der Waals surface area (Å²) in [6, 6.07) is 1.71. The Morgan fingerprint density at radius 2 is 1.88 bits per heavy atom. The van der Waals surface area contributed by atoms with Gasteiger partial charge in [0.2, 0.25) is 0 Å². The first-order valence-corrected chi connectivity index (χ1v) is 16.0. The van der Waals surface area contributed by atoms with Gasteiger partial charge in [-0.2, -0.15) is 10.2 Å². The second kappa shape index (κ2) is 11.8. The summed E-state index contributed by atoms with van der Waals surface area (Å²) in [5, 5.41) is 13.0. The first-order chi connectivity index (χ1) is 22.8. The Bertz CT molecular complexity index is 2010. The molecule has 7 rings (SSSR count). The number of ether oxygens (including phenoxy) is 4. The maximum absolute atomic E-state index is 16.7. The van der Waals surface area contributed by atoms with Crippen LogP contribution in [0.2, 0.25) is 0 Å². The SMILES string of the molecule is CC(C)(C)OC(=O)Nc1sc2c(F)cnc(-c3c4c(c5cnc(OCC6(CN7CCOCC7)CC6(F)F)nc5c3F)COC4)c2c1C#N. The number of rotatable bonds is 7. The molecule has 1 atom stereocenters. The first kappa shape index (κ1) is 32.4. The lowest BCUT2D eigenvalue weighted by Crippen LogP contribution is -2.43. The highest BCUT2D eigenvalue weighted by Crippen LogP contribution is 2.61. The monoisotopic (exact) mass is 686 g/mol. The van der Waals surface area contributed by atoms with Gasteiger partial charge in [0.25, 0.3) is 5.92 Å². The molecule has 0 bridgehead atoms. The molecule has 1 saturated heterocycles. The van der Waals surface area contributed by atoms with E-state index in [1.54, 1.807) is 20.8 Å². The normalized spacial score (nSPS) is 20.5. The Morgan fingerprint density at radius 3 is 2.56 bits per heavy atom. The van der Waals surface area contributed by atoms with Crippen molar-refractivity contribution in [2.75, 3.05) is 44.8 Å². The van der Waals surface area contributed by atoms with E-state index in [0.717, 1.165) is 17.5 Å². The van der Waals surface area contributed by atoms with Gasteiger partial charge in [0.05, 0.1) is 54.0 Å². The molecule has 4 aromatic rings. The van der Waals surface area contributed by atoms with E-state index in [9.17, 15) is 18.8 Å². The van der Waals surface area contributed by atoms with Gasteiger partial charge in [0.15, 0.2) is 11.6 Å². The van der Waals surface area contributed by atoms with E-state index in [2.05, 4.69) is 20.3 Å². The number of thiophene rings is 1. The van der Waals surface area contributed by atoms with Gasteiger partial charge >= 0.3 is 12.1 Å². The number of carbonyl (C=O) groups is 1. The number of alkyl halides is 2. The minimum atomic E-state index is -2.94. The Labute approximate surface area is 275 Å². The van der Waals surface area contributed by atoms with Crippen LogP contribution in [0.3, 0.4) is 0 Å². The molecule has 11 nitrogen and oxygen atoms in total. The number of nitriles is 1. The Morgan fingerprint density at radius 1 is 1.15 bits per heavy atom. The van der Waals surface area contributed by atoms with E-state index in [0.29, 0.717) is 42.8 Å². The second-order valence-corrected chi connectivity index (χ2v) is 14.1. The highest BCUT2D eigenvalue weighted by Gasteiger charge is 2.72. The van der Waals surface area contributed by atoms with Crippen LogP contribution in [0.4, 0.5) is 27.4 Å². The van der Waals surface area contributed by atoms with Crippen LogP contribution in [0, 0.1) is 28.4 Å². The summed E-state index contributed by atoms with van der Waals surface area (Å²) in [5.41, 5.74) is -1.72. The molecule has 3 aromatic heterocycles. The number of nitrogens with one attached hydrogen (secondary N) is 1. The zero-order valence-corrected chi connectivity index (χ0v) is 27.0. The van der Waals surface area contributed by atoms with E-state index in [1.165, 1.54) is 6.20 Å². The van der Waals surface area contributed by atoms with Crippen LogP contribution in [0.5, 0.6) is 6.01 Å². The highest BCUT2D eigenvalue weighted by molar-refractivity contribution is 7.23. The fourth-order valence-electron chi connectivity index (χ4n) is 6.21.